The number of nitrogens with zero attached hydrogens (tertiary/aromatic N) is 4. The molecular weight excluding hydrogens is 372 g/mol. The Bertz CT molecular complexity index is 867. The van der Waals surface area contributed by atoms with Crippen molar-refractivity contribution in [2.45, 2.75) is 36.7 Å². The number of amides is 1. The molecule has 1 aliphatic rings. The molecule has 26 heavy (non-hydrogen) atoms. The van der Waals surface area contributed by atoms with Gasteiger partial charge in [-0.2, -0.15) is 0 Å². The summed E-state index contributed by atoms with van der Waals surface area (Å²) in [7, 11) is -3.03. The fraction of sp³-hybridized carbons (Fsp3) is 0.471. The number of hydrogen-bond donors (Lipinski definition) is 0. The van der Waals surface area contributed by atoms with E-state index in [4.69, 9.17) is 0 Å². The molecule has 2 atom stereocenters. The van der Waals surface area contributed by atoms with Crippen molar-refractivity contribution in [2.24, 2.45) is 0 Å². The number of benzene rings is 1. The molecule has 3 rings (SSSR count). The van der Waals surface area contributed by atoms with E-state index in [-0.39, 0.29) is 28.7 Å². The van der Waals surface area contributed by atoms with Gasteiger partial charge in [-0.25, -0.2) is 8.42 Å². The van der Waals surface area contributed by atoms with Crippen molar-refractivity contribution >= 4 is 27.5 Å². The predicted octanol–water partition coefficient (Wildman–Crippen LogP) is 1.78. The molecule has 0 N–H and O–H groups in total. The van der Waals surface area contributed by atoms with Crippen LogP contribution in [0, 0.1) is 0 Å². The summed E-state index contributed by atoms with van der Waals surface area (Å²) < 4.78 is 25.3. The topological polar surface area (TPSA) is 85.2 Å². The predicted molar refractivity (Wildman–Crippen MR) is 101 cm³/mol. The average Bonchev–Trinajstić information content (AvgIpc) is 3.22. The maximum atomic E-state index is 12.9. The van der Waals surface area contributed by atoms with Gasteiger partial charge in [-0.1, -0.05) is 30.0 Å². The van der Waals surface area contributed by atoms with Crippen LogP contribution in [0.15, 0.2) is 41.8 Å². The molecule has 1 aromatic heterocycles. The van der Waals surface area contributed by atoms with Gasteiger partial charge in [0.1, 0.15) is 6.33 Å². The summed E-state index contributed by atoms with van der Waals surface area (Å²) in [5.74, 6) is 0.150. The fourth-order valence-corrected chi connectivity index (χ4v) is 5.77. The zero-order valence-corrected chi connectivity index (χ0v) is 16.4. The molecule has 1 aromatic carbocycles. The fourth-order valence-electron chi connectivity index (χ4n) is 3.13. The Hall–Kier alpha value is -1.87. The Morgan fingerprint density at radius 1 is 1.38 bits per heavy atom. The number of thioether (sulfide) groups is 1. The molecule has 1 fully saturated rings. The molecule has 7 nitrogen and oxygen atoms in total. The van der Waals surface area contributed by atoms with Crippen LogP contribution in [0.2, 0.25) is 0 Å². The number of carbonyl (C=O) groups excluding carboxylic acids is 1. The largest absolute Gasteiger partial charge is 0.338 e. The Kier molecular flexibility index (Phi) is 5.67. The number of para-hydroxylation sites is 1. The quantitative estimate of drug-likeness (QED) is 0.695. The molecule has 9 heteroatoms. The lowest BCUT2D eigenvalue weighted by atomic mass is 10.2. The highest BCUT2D eigenvalue weighted by Crippen LogP contribution is 2.27. The Balaban J connectivity index is 1.73. The average molecular weight is 395 g/mol. The number of sulfone groups is 1. The van der Waals surface area contributed by atoms with Crippen LogP contribution in [0.3, 0.4) is 0 Å². The smallest absolute Gasteiger partial charge is 0.236 e. The van der Waals surface area contributed by atoms with Crippen molar-refractivity contribution in [3.05, 3.63) is 36.7 Å². The van der Waals surface area contributed by atoms with Gasteiger partial charge in [0.25, 0.3) is 0 Å². The van der Waals surface area contributed by atoms with E-state index in [1.807, 2.05) is 48.7 Å². The summed E-state index contributed by atoms with van der Waals surface area (Å²) in [6, 6.07) is 9.45. The summed E-state index contributed by atoms with van der Waals surface area (Å²) in [6.07, 6.45) is 2.13. The summed E-state index contributed by atoms with van der Waals surface area (Å²) >= 11 is 1.33. The summed E-state index contributed by atoms with van der Waals surface area (Å²) in [6.45, 7) is 4.20. The second kappa shape index (κ2) is 7.79. The summed E-state index contributed by atoms with van der Waals surface area (Å²) in [5.41, 5.74) is 0.925. The summed E-state index contributed by atoms with van der Waals surface area (Å²) in [5, 5.41) is 8.34. The van der Waals surface area contributed by atoms with E-state index >= 15 is 0 Å². The van der Waals surface area contributed by atoms with Crippen LogP contribution in [0.4, 0.5) is 0 Å². The van der Waals surface area contributed by atoms with Crippen molar-refractivity contribution in [2.75, 3.05) is 18.1 Å². The molecule has 1 saturated heterocycles. The van der Waals surface area contributed by atoms with Crippen molar-refractivity contribution in [1.29, 1.82) is 0 Å². The van der Waals surface area contributed by atoms with Crippen molar-refractivity contribution < 1.29 is 13.2 Å². The molecule has 0 aliphatic carbocycles. The number of hydrogen-bond acceptors (Lipinski definition) is 6. The Morgan fingerprint density at radius 2 is 2.12 bits per heavy atom. The van der Waals surface area contributed by atoms with Crippen LogP contribution in [-0.4, -0.2) is 63.3 Å². The first-order chi connectivity index (χ1) is 12.4. The standard InChI is InChI=1S/C17H22N4O3S2/c1-3-20(15-9-10-26(23,24)11-15)16(22)13(2)25-17-19-18-12-21(17)14-7-5-4-6-8-14/h4-8,12-13,15H,3,9-11H2,1-2H3/t13-,15-/m1/s1. The molecule has 0 bridgehead atoms. The third-order valence-electron chi connectivity index (χ3n) is 4.45. The van der Waals surface area contributed by atoms with E-state index in [0.29, 0.717) is 18.1 Å². The molecule has 0 spiro atoms. The van der Waals surface area contributed by atoms with E-state index < -0.39 is 9.84 Å². The molecule has 1 amide bonds. The van der Waals surface area contributed by atoms with Crippen molar-refractivity contribution in [1.82, 2.24) is 19.7 Å². The van der Waals surface area contributed by atoms with Gasteiger partial charge in [-0.3, -0.25) is 9.36 Å². The first kappa shape index (κ1) is 18.9. The molecule has 1 aliphatic heterocycles. The van der Waals surface area contributed by atoms with E-state index in [1.165, 1.54) is 11.8 Å². The SMILES string of the molecule is CCN(C(=O)[C@@H](C)Sc1nncn1-c1ccccc1)[C@@H]1CCS(=O)(=O)C1. The van der Waals surface area contributed by atoms with Crippen LogP contribution in [0.5, 0.6) is 0 Å². The highest BCUT2D eigenvalue weighted by atomic mass is 32.2. The maximum absolute atomic E-state index is 12.9. The third-order valence-corrected chi connectivity index (χ3v) is 7.25. The Morgan fingerprint density at radius 3 is 2.73 bits per heavy atom. The number of rotatable bonds is 6. The van der Waals surface area contributed by atoms with Crippen LogP contribution in [0.25, 0.3) is 5.69 Å². The number of carbonyl (C=O) groups is 1. The van der Waals surface area contributed by atoms with Gasteiger partial charge >= 0.3 is 0 Å². The van der Waals surface area contributed by atoms with Gasteiger partial charge in [0.2, 0.25) is 5.91 Å². The first-order valence-electron chi connectivity index (χ1n) is 8.54. The highest BCUT2D eigenvalue weighted by Gasteiger charge is 2.35. The van der Waals surface area contributed by atoms with Gasteiger partial charge in [-0.05, 0) is 32.4 Å². The lowest BCUT2D eigenvalue weighted by Gasteiger charge is -2.29. The minimum atomic E-state index is -3.03. The molecule has 0 unspecified atom stereocenters. The zero-order valence-electron chi connectivity index (χ0n) is 14.8. The monoisotopic (exact) mass is 394 g/mol. The van der Waals surface area contributed by atoms with Crippen molar-refractivity contribution in [3.63, 3.8) is 0 Å². The van der Waals surface area contributed by atoms with Crippen LogP contribution in [0.1, 0.15) is 20.3 Å². The Labute approximate surface area is 157 Å². The normalized spacial score (nSPS) is 20.0. The lowest BCUT2D eigenvalue weighted by molar-refractivity contribution is -0.131. The van der Waals surface area contributed by atoms with Gasteiger partial charge < -0.3 is 4.90 Å². The highest BCUT2D eigenvalue weighted by molar-refractivity contribution is 8.00. The second-order valence-corrected chi connectivity index (χ2v) is 9.80. The van der Waals surface area contributed by atoms with Crippen LogP contribution in [-0.2, 0) is 14.6 Å². The minimum Gasteiger partial charge on any atom is -0.338 e. The van der Waals surface area contributed by atoms with Crippen molar-refractivity contribution in [3.8, 4) is 5.69 Å². The third kappa shape index (κ3) is 4.09. The minimum absolute atomic E-state index is 0.0597. The van der Waals surface area contributed by atoms with Crippen LogP contribution >= 0.6 is 11.8 Å². The van der Waals surface area contributed by atoms with Gasteiger partial charge in [0.15, 0.2) is 15.0 Å². The maximum Gasteiger partial charge on any atom is 0.236 e. The molecule has 140 valence electrons. The molecule has 2 aromatic rings. The van der Waals surface area contributed by atoms with E-state index in [0.717, 1.165) is 5.69 Å². The molecule has 0 radical (unpaired) electrons. The van der Waals surface area contributed by atoms with E-state index in [9.17, 15) is 13.2 Å². The van der Waals surface area contributed by atoms with E-state index in [1.54, 1.807) is 11.2 Å². The summed E-state index contributed by atoms with van der Waals surface area (Å²) in [4.78, 5) is 14.6. The lowest BCUT2D eigenvalue weighted by Crippen LogP contribution is -2.44. The van der Waals surface area contributed by atoms with Gasteiger partial charge in [0, 0.05) is 18.3 Å². The van der Waals surface area contributed by atoms with Gasteiger partial charge in [0.05, 0.1) is 16.8 Å². The van der Waals surface area contributed by atoms with E-state index in [2.05, 4.69) is 10.2 Å². The molecule has 0 saturated carbocycles. The molecule has 2 heterocycles. The molecular formula is C17H22N4O3S2. The van der Waals surface area contributed by atoms with Gasteiger partial charge in [-0.15, -0.1) is 10.2 Å². The number of aromatic nitrogens is 3. The first-order valence-corrected chi connectivity index (χ1v) is 11.2. The second-order valence-electron chi connectivity index (χ2n) is 6.26. The zero-order chi connectivity index (χ0) is 18.7. The van der Waals surface area contributed by atoms with Crippen LogP contribution < -0.4 is 0 Å².